The minimum Gasteiger partial charge on any atom is -0.481 e. The predicted molar refractivity (Wildman–Crippen MR) is 125 cm³/mol. The van der Waals surface area contributed by atoms with Crippen LogP contribution in [0.3, 0.4) is 0 Å². The second-order valence-corrected chi connectivity index (χ2v) is 8.23. The first-order valence-corrected chi connectivity index (χ1v) is 11.1. The molecule has 0 fully saturated rings. The van der Waals surface area contributed by atoms with Crippen molar-refractivity contribution in [2.24, 2.45) is 0 Å². The maximum atomic E-state index is 12.0. The lowest BCUT2D eigenvalue weighted by Gasteiger charge is -2.17. The molecule has 1 aromatic rings. The monoisotopic (exact) mass is 592 g/mol. The third kappa shape index (κ3) is 11.4. The molecule has 4 amide bonds. The van der Waals surface area contributed by atoms with Crippen LogP contribution in [0.25, 0.3) is 0 Å². The Labute approximate surface area is 207 Å². The van der Waals surface area contributed by atoms with E-state index in [-0.39, 0.29) is 38.3 Å². The number of aliphatic carboxylic acids is 3. The third-order valence-electron chi connectivity index (χ3n) is 4.35. The molecule has 0 unspecified atom stereocenters. The van der Waals surface area contributed by atoms with Crippen molar-refractivity contribution in [3.05, 3.63) is 33.4 Å². The molecule has 0 spiro atoms. The van der Waals surface area contributed by atoms with Gasteiger partial charge in [-0.1, -0.05) is 0 Å². The van der Waals surface area contributed by atoms with E-state index in [1.54, 1.807) is 24.3 Å². The van der Waals surface area contributed by atoms with E-state index < -0.39 is 48.4 Å². The molecule has 0 aliphatic carbocycles. The van der Waals surface area contributed by atoms with Gasteiger partial charge in [-0.2, -0.15) is 0 Å². The van der Waals surface area contributed by atoms with Crippen LogP contribution in [-0.4, -0.2) is 76.2 Å². The summed E-state index contributed by atoms with van der Waals surface area (Å²) in [4.78, 5) is 68.9. The van der Waals surface area contributed by atoms with Crippen LogP contribution in [0, 0.1) is 3.57 Å². The van der Waals surface area contributed by atoms with Crippen molar-refractivity contribution in [2.45, 2.75) is 37.8 Å². The number of rotatable bonds is 14. The lowest BCUT2D eigenvalue weighted by atomic mass is 10.1. The lowest BCUT2D eigenvalue weighted by molar-refractivity contribution is -0.142. The molecule has 0 saturated heterocycles. The summed E-state index contributed by atoms with van der Waals surface area (Å²) in [5, 5.41) is 36.1. The van der Waals surface area contributed by atoms with E-state index in [1.165, 1.54) is 0 Å². The van der Waals surface area contributed by atoms with E-state index >= 15 is 0 Å². The largest absolute Gasteiger partial charge is 0.481 e. The van der Waals surface area contributed by atoms with E-state index in [0.717, 1.165) is 3.57 Å². The molecule has 1 rings (SSSR count). The van der Waals surface area contributed by atoms with Crippen LogP contribution in [0.4, 0.5) is 4.79 Å². The van der Waals surface area contributed by atoms with Gasteiger partial charge in [0.1, 0.15) is 12.1 Å². The molecular weight excluding hydrogens is 567 g/mol. The topological polar surface area (TPSA) is 211 Å². The Hall–Kier alpha value is -3.43. The van der Waals surface area contributed by atoms with Gasteiger partial charge in [0.05, 0.1) is 0 Å². The molecule has 0 bridgehead atoms. The zero-order valence-electron chi connectivity index (χ0n) is 17.9. The smallest absolute Gasteiger partial charge is 0.326 e. The van der Waals surface area contributed by atoms with Crippen LogP contribution in [0.2, 0.25) is 0 Å². The fourth-order valence-corrected chi connectivity index (χ4v) is 2.94. The molecule has 0 aliphatic rings. The maximum absolute atomic E-state index is 12.0. The normalized spacial score (nSPS) is 12.0. The van der Waals surface area contributed by atoms with Gasteiger partial charge in [0.2, 0.25) is 5.91 Å². The summed E-state index contributed by atoms with van der Waals surface area (Å²) in [5.41, 5.74) is 0.418. The minimum absolute atomic E-state index is 0.0173. The summed E-state index contributed by atoms with van der Waals surface area (Å²) in [7, 11) is 0. The summed E-state index contributed by atoms with van der Waals surface area (Å²) in [6, 6.07) is 3.09. The average molecular weight is 592 g/mol. The molecule has 0 saturated carbocycles. The first-order valence-electron chi connectivity index (χ1n) is 10.0. The van der Waals surface area contributed by atoms with E-state index in [9.17, 15) is 33.9 Å². The highest BCUT2D eigenvalue weighted by molar-refractivity contribution is 14.1. The molecule has 2 atom stereocenters. The summed E-state index contributed by atoms with van der Waals surface area (Å²) >= 11 is 2.10. The molecule has 0 aliphatic heterocycles. The van der Waals surface area contributed by atoms with Gasteiger partial charge in [-0.05, 0) is 59.7 Å². The highest BCUT2D eigenvalue weighted by atomic mass is 127. The second kappa shape index (κ2) is 14.7. The fourth-order valence-electron chi connectivity index (χ4n) is 2.58. The second-order valence-electron chi connectivity index (χ2n) is 6.98. The van der Waals surface area contributed by atoms with Gasteiger partial charge in [-0.25, -0.2) is 14.4 Å². The Bertz CT molecular complexity index is 908. The zero-order chi connectivity index (χ0) is 25.7. The molecule has 7 N–H and O–H groups in total. The van der Waals surface area contributed by atoms with Crippen molar-refractivity contribution in [1.82, 2.24) is 21.3 Å². The summed E-state index contributed by atoms with van der Waals surface area (Å²) in [6.45, 7) is -0.228. The number of hydrogen-bond acceptors (Lipinski definition) is 6. The molecule has 0 radical (unpaired) electrons. The highest BCUT2D eigenvalue weighted by Gasteiger charge is 2.22. The molecule has 34 heavy (non-hydrogen) atoms. The quantitative estimate of drug-likeness (QED) is 0.145. The lowest BCUT2D eigenvalue weighted by Crippen LogP contribution is -2.48. The van der Waals surface area contributed by atoms with Crippen LogP contribution in [0.1, 0.15) is 36.0 Å². The van der Waals surface area contributed by atoms with Crippen LogP contribution in [0.5, 0.6) is 0 Å². The number of halogens is 1. The van der Waals surface area contributed by atoms with E-state index in [0.29, 0.717) is 5.56 Å². The Kier molecular flexibility index (Phi) is 12.3. The van der Waals surface area contributed by atoms with Crippen molar-refractivity contribution in [1.29, 1.82) is 0 Å². The molecule has 186 valence electrons. The van der Waals surface area contributed by atoms with Crippen molar-refractivity contribution < 1.29 is 44.1 Å². The van der Waals surface area contributed by atoms with E-state index in [2.05, 4.69) is 43.9 Å². The number of hydrogen-bond donors (Lipinski definition) is 7. The van der Waals surface area contributed by atoms with Crippen molar-refractivity contribution in [3.63, 3.8) is 0 Å². The van der Waals surface area contributed by atoms with Crippen LogP contribution in [0.15, 0.2) is 24.3 Å². The van der Waals surface area contributed by atoms with Gasteiger partial charge >= 0.3 is 23.9 Å². The molecular formula is C20H25IN4O9. The number of carboxylic acid groups (broad SMARTS) is 3. The number of urea groups is 1. The van der Waals surface area contributed by atoms with Crippen molar-refractivity contribution in [2.75, 3.05) is 13.1 Å². The fraction of sp³-hybridized carbons (Fsp3) is 0.400. The Morgan fingerprint density at radius 3 is 1.91 bits per heavy atom. The maximum Gasteiger partial charge on any atom is 0.326 e. The Balaban J connectivity index is 2.40. The third-order valence-corrected chi connectivity index (χ3v) is 5.07. The van der Waals surface area contributed by atoms with Gasteiger partial charge in [0, 0.05) is 35.1 Å². The number of benzene rings is 1. The average Bonchev–Trinajstić information content (AvgIpc) is 2.75. The number of nitrogens with one attached hydrogen (secondary N) is 4. The minimum atomic E-state index is -1.43. The van der Waals surface area contributed by atoms with Crippen LogP contribution < -0.4 is 21.3 Å². The van der Waals surface area contributed by atoms with Gasteiger partial charge in [0.25, 0.3) is 5.91 Å². The van der Waals surface area contributed by atoms with Gasteiger partial charge in [-0.15, -0.1) is 0 Å². The Morgan fingerprint density at radius 2 is 1.35 bits per heavy atom. The molecule has 13 nitrogen and oxygen atoms in total. The molecule has 0 heterocycles. The molecule has 0 aromatic heterocycles. The number of amides is 4. The number of carboxylic acids is 3. The number of carbonyl (C=O) groups is 6. The van der Waals surface area contributed by atoms with E-state index in [1.807, 2.05) is 0 Å². The number of carbonyl (C=O) groups excluding carboxylic acids is 3. The summed E-state index contributed by atoms with van der Waals surface area (Å²) in [5.74, 6) is -4.98. The Morgan fingerprint density at radius 1 is 0.765 bits per heavy atom. The first-order chi connectivity index (χ1) is 16.0. The van der Waals surface area contributed by atoms with Gasteiger partial charge in [0.15, 0.2) is 0 Å². The standard InChI is InChI=1S/C20H25IN4O9/c21-12-3-1-11(2-4-12)17(29)22-10-8-15(26)24-14(19(32)33)7-9-23-20(34)25-13(18(30)31)5-6-16(27)28/h1-4,13-14H,5-10H2,(H,22,29)(H,24,26)(H,27,28)(H,30,31)(H,32,33)(H2,23,25,34)/t13-,14+/m0/s1. The van der Waals surface area contributed by atoms with Crippen LogP contribution >= 0.6 is 22.6 Å². The van der Waals surface area contributed by atoms with Gasteiger partial charge < -0.3 is 36.6 Å². The van der Waals surface area contributed by atoms with Crippen molar-refractivity contribution >= 4 is 58.3 Å². The SMILES string of the molecule is O=C(O)CC[C@H](NC(=O)NCC[C@@H](NC(=O)CCNC(=O)c1ccc(I)cc1)C(=O)O)C(=O)O. The zero-order valence-corrected chi connectivity index (χ0v) is 20.0. The first kappa shape index (κ1) is 28.6. The predicted octanol–water partition coefficient (Wildman–Crippen LogP) is -0.0122. The van der Waals surface area contributed by atoms with Crippen LogP contribution in [-0.2, 0) is 19.2 Å². The van der Waals surface area contributed by atoms with E-state index in [4.69, 9.17) is 10.2 Å². The summed E-state index contributed by atoms with van der Waals surface area (Å²) in [6.07, 6.45) is -1.16. The van der Waals surface area contributed by atoms with Crippen molar-refractivity contribution in [3.8, 4) is 0 Å². The summed E-state index contributed by atoms with van der Waals surface area (Å²) < 4.78 is 0.958. The van der Waals surface area contributed by atoms with Gasteiger partial charge in [-0.3, -0.25) is 14.4 Å². The molecule has 1 aromatic carbocycles. The molecule has 14 heteroatoms. The highest BCUT2D eigenvalue weighted by Crippen LogP contribution is 2.06.